The van der Waals surface area contributed by atoms with Crippen LogP contribution in [0.1, 0.15) is 0 Å². The molecule has 40 valence electrons. The van der Waals surface area contributed by atoms with E-state index < -0.39 is 9.52 Å². The van der Waals surface area contributed by atoms with Crippen molar-refractivity contribution in [3.05, 3.63) is 0 Å². The molecule has 0 saturated heterocycles. The fraction of sp³-hybridized carbons (Fsp3) is 0.333. The van der Waals surface area contributed by atoms with Gasteiger partial charge in [-0.3, -0.25) is 4.79 Å². The first kappa shape index (κ1) is 5.18. The minimum absolute atomic E-state index is 0.0448. The number of thiol groups is 1. The van der Waals surface area contributed by atoms with Gasteiger partial charge in [0.05, 0.1) is 0 Å². The van der Waals surface area contributed by atoms with E-state index in [1.54, 1.807) is 0 Å². The Morgan fingerprint density at radius 3 is 2.86 bits per heavy atom. The number of carbonyl (C=O) groups excluding carboxylic acids is 1. The van der Waals surface area contributed by atoms with Crippen LogP contribution in [0.25, 0.3) is 0 Å². The molecular formula is C3H5NOS2. The van der Waals surface area contributed by atoms with Crippen LogP contribution in [0, 0.1) is 0 Å². The van der Waals surface area contributed by atoms with Crippen LogP contribution in [-0.2, 0) is 0 Å². The lowest BCUT2D eigenvalue weighted by Crippen LogP contribution is -2.12. The molecule has 0 saturated carbocycles. The molecule has 2 nitrogen and oxygen atoms in total. The minimum atomic E-state index is -0.398. The molecule has 0 bridgehead atoms. The van der Waals surface area contributed by atoms with Crippen molar-refractivity contribution < 1.29 is 4.79 Å². The van der Waals surface area contributed by atoms with Gasteiger partial charge in [-0.05, 0) is 14.9 Å². The first-order chi connectivity index (χ1) is 3.30. The zero-order valence-electron chi connectivity index (χ0n) is 3.55. The van der Waals surface area contributed by atoms with Crippen LogP contribution in [0.5, 0.6) is 0 Å². The molecule has 0 aromatic heterocycles. The summed E-state index contributed by atoms with van der Waals surface area (Å²) < 4.78 is 0. The Labute approximate surface area is 49.0 Å². The summed E-state index contributed by atoms with van der Waals surface area (Å²) in [4.78, 5) is 10.4. The molecular weight excluding hydrogens is 130 g/mol. The SMILES string of the molecule is O=C1NCC=S1S. The van der Waals surface area contributed by atoms with E-state index in [9.17, 15) is 4.79 Å². The van der Waals surface area contributed by atoms with Crippen LogP contribution in [-0.4, -0.2) is 17.2 Å². The van der Waals surface area contributed by atoms with E-state index in [0.717, 1.165) is 0 Å². The molecule has 1 N–H and O–H groups in total. The van der Waals surface area contributed by atoms with Crippen LogP contribution in [0.4, 0.5) is 4.79 Å². The fourth-order valence-corrected chi connectivity index (χ4v) is 1.39. The molecule has 1 heterocycles. The lowest BCUT2D eigenvalue weighted by molar-refractivity contribution is 0.262. The first-order valence-electron chi connectivity index (χ1n) is 1.84. The maximum absolute atomic E-state index is 10.4. The Hall–Kier alpha value is 0.0400. The summed E-state index contributed by atoms with van der Waals surface area (Å²) in [6.45, 7) is 0.686. The van der Waals surface area contributed by atoms with E-state index in [1.807, 2.05) is 5.37 Å². The van der Waals surface area contributed by atoms with Crippen molar-refractivity contribution in [1.29, 1.82) is 0 Å². The lowest BCUT2D eigenvalue weighted by atomic mass is 10.8. The molecule has 1 aliphatic heterocycles. The van der Waals surface area contributed by atoms with E-state index in [-0.39, 0.29) is 5.24 Å². The van der Waals surface area contributed by atoms with Crippen LogP contribution >= 0.6 is 21.2 Å². The van der Waals surface area contributed by atoms with Gasteiger partial charge in [-0.25, -0.2) is 0 Å². The predicted octanol–water partition coefficient (Wildman–Crippen LogP) is 0.625. The molecule has 0 aromatic carbocycles. The Morgan fingerprint density at radius 1 is 2.00 bits per heavy atom. The summed E-state index contributed by atoms with van der Waals surface area (Å²) in [5.74, 6) is 0. The molecule has 0 fully saturated rings. The van der Waals surface area contributed by atoms with Crippen molar-refractivity contribution in [2.45, 2.75) is 0 Å². The molecule has 4 heteroatoms. The van der Waals surface area contributed by atoms with Crippen molar-refractivity contribution in [2.75, 3.05) is 6.54 Å². The zero-order valence-corrected chi connectivity index (χ0v) is 5.26. The smallest absolute Gasteiger partial charge is 0.283 e. The quantitative estimate of drug-likeness (QED) is 0.285. The van der Waals surface area contributed by atoms with Crippen LogP contribution in [0.2, 0.25) is 0 Å². The molecule has 0 aliphatic carbocycles. The van der Waals surface area contributed by atoms with Crippen molar-refractivity contribution in [3.8, 4) is 0 Å². The summed E-state index contributed by atoms with van der Waals surface area (Å²) in [7, 11) is -0.398. The van der Waals surface area contributed by atoms with Gasteiger partial charge in [-0.15, -0.1) is 11.7 Å². The molecule has 0 radical (unpaired) electrons. The monoisotopic (exact) mass is 135 g/mol. The van der Waals surface area contributed by atoms with Crippen molar-refractivity contribution in [2.24, 2.45) is 0 Å². The number of hydrogen-bond acceptors (Lipinski definition) is 2. The third-order valence-corrected chi connectivity index (χ3v) is 2.63. The van der Waals surface area contributed by atoms with Gasteiger partial charge in [0.15, 0.2) is 0 Å². The Bertz CT molecular complexity index is 131. The zero-order chi connectivity index (χ0) is 5.28. The standard InChI is InChI=1S/C3H5NOS2/c5-3-4-1-2-7(3)6/h2,6H,1H2,(H,4,5). The maximum atomic E-state index is 10.4. The highest BCUT2D eigenvalue weighted by Crippen LogP contribution is 2.19. The fourth-order valence-electron chi connectivity index (χ4n) is 0.354. The Kier molecular flexibility index (Phi) is 1.39. The summed E-state index contributed by atoms with van der Waals surface area (Å²) in [6.07, 6.45) is 0. The number of amides is 1. The van der Waals surface area contributed by atoms with Gasteiger partial charge >= 0.3 is 0 Å². The van der Waals surface area contributed by atoms with Gasteiger partial charge in [-0.2, -0.15) is 0 Å². The van der Waals surface area contributed by atoms with Crippen molar-refractivity contribution in [1.82, 2.24) is 5.32 Å². The van der Waals surface area contributed by atoms with E-state index in [0.29, 0.717) is 6.54 Å². The van der Waals surface area contributed by atoms with Crippen LogP contribution < -0.4 is 5.32 Å². The molecule has 1 unspecified atom stereocenters. The number of nitrogens with one attached hydrogen (secondary N) is 1. The average molecular weight is 135 g/mol. The van der Waals surface area contributed by atoms with Gasteiger partial charge in [0.25, 0.3) is 5.24 Å². The third kappa shape index (κ3) is 0.978. The molecule has 0 aromatic rings. The molecule has 7 heavy (non-hydrogen) atoms. The molecule has 1 aliphatic rings. The molecule has 1 atom stereocenters. The van der Waals surface area contributed by atoms with Crippen LogP contribution in [0.3, 0.4) is 0 Å². The predicted molar refractivity (Wildman–Crippen MR) is 36.0 cm³/mol. The summed E-state index contributed by atoms with van der Waals surface area (Å²) >= 11 is 3.95. The minimum Gasteiger partial charge on any atom is -0.343 e. The molecule has 1 rings (SSSR count). The van der Waals surface area contributed by atoms with E-state index in [2.05, 4.69) is 17.0 Å². The van der Waals surface area contributed by atoms with E-state index in [1.165, 1.54) is 0 Å². The largest absolute Gasteiger partial charge is 0.343 e. The van der Waals surface area contributed by atoms with Crippen molar-refractivity contribution >= 4 is 31.8 Å². The summed E-state index contributed by atoms with van der Waals surface area (Å²) in [6, 6.07) is 0. The van der Waals surface area contributed by atoms with Gasteiger partial charge in [0.2, 0.25) is 0 Å². The van der Waals surface area contributed by atoms with Gasteiger partial charge in [0.1, 0.15) is 0 Å². The number of rotatable bonds is 0. The van der Waals surface area contributed by atoms with Crippen LogP contribution in [0.15, 0.2) is 0 Å². The highest BCUT2D eigenvalue weighted by molar-refractivity contribution is 8.82. The third-order valence-electron chi connectivity index (χ3n) is 0.678. The summed E-state index contributed by atoms with van der Waals surface area (Å²) in [5.41, 5.74) is 0. The topological polar surface area (TPSA) is 29.1 Å². The second-order valence-corrected chi connectivity index (χ2v) is 3.66. The Balaban J connectivity index is 2.72. The molecule has 1 amide bonds. The maximum Gasteiger partial charge on any atom is 0.283 e. The normalized spacial score (nSPS) is 29.3. The molecule has 0 spiro atoms. The van der Waals surface area contributed by atoms with Gasteiger partial charge < -0.3 is 5.32 Å². The van der Waals surface area contributed by atoms with Gasteiger partial charge in [0, 0.05) is 6.54 Å². The number of hydrogen-bond donors (Lipinski definition) is 2. The first-order valence-corrected chi connectivity index (χ1v) is 4.18. The van der Waals surface area contributed by atoms with Crippen molar-refractivity contribution in [3.63, 3.8) is 0 Å². The lowest BCUT2D eigenvalue weighted by Gasteiger charge is -1.85. The summed E-state index contributed by atoms with van der Waals surface area (Å²) in [5, 5.41) is 4.51. The number of carbonyl (C=O) groups is 1. The highest BCUT2D eigenvalue weighted by Gasteiger charge is 2.06. The second-order valence-electron chi connectivity index (χ2n) is 1.15. The second kappa shape index (κ2) is 1.88. The average Bonchev–Trinajstić information content (AvgIpc) is 1.91. The van der Waals surface area contributed by atoms with E-state index in [4.69, 9.17) is 0 Å². The van der Waals surface area contributed by atoms with E-state index >= 15 is 0 Å². The Morgan fingerprint density at radius 2 is 2.71 bits per heavy atom. The van der Waals surface area contributed by atoms with Gasteiger partial charge in [-0.1, -0.05) is 0 Å². The highest BCUT2D eigenvalue weighted by atomic mass is 33.1.